The Balaban J connectivity index is 1.56. The molecule has 0 saturated carbocycles. The molecule has 23 heavy (non-hydrogen) atoms. The summed E-state index contributed by atoms with van der Waals surface area (Å²) in [4.78, 5) is 3.18. The van der Waals surface area contributed by atoms with Crippen molar-refractivity contribution in [3.63, 3.8) is 0 Å². The van der Waals surface area contributed by atoms with Crippen LogP contribution in [0, 0.1) is 5.82 Å². The van der Waals surface area contributed by atoms with Crippen LogP contribution in [-0.4, -0.2) is 15.2 Å². The average Bonchev–Trinajstić information content (AvgIpc) is 3.20. The topological polar surface area (TPSA) is 54.7 Å². The van der Waals surface area contributed by atoms with Crippen LogP contribution in [0.1, 0.15) is 5.56 Å². The van der Waals surface area contributed by atoms with Gasteiger partial charge in [-0.2, -0.15) is 0 Å². The lowest BCUT2D eigenvalue weighted by Gasteiger charge is -1.99. The lowest BCUT2D eigenvalue weighted by atomic mass is 10.2. The molecule has 0 aliphatic rings. The number of aromatic amines is 1. The van der Waals surface area contributed by atoms with Crippen molar-refractivity contribution in [3.8, 4) is 11.5 Å². The van der Waals surface area contributed by atoms with Gasteiger partial charge in [0.1, 0.15) is 5.82 Å². The Morgan fingerprint density at radius 1 is 1.04 bits per heavy atom. The van der Waals surface area contributed by atoms with Crippen LogP contribution in [0.2, 0.25) is 0 Å². The average molecular weight is 325 g/mol. The zero-order chi connectivity index (χ0) is 15.6. The van der Waals surface area contributed by atoms with Gasteiger partial charge in [-0.25, -0.2) is 4.39 Å². The minimum absolute atomic E-state index is 0.226. The molecule has 0 atom stereocenters. The Labute approximate surface area is 135 Å². The fourth-order valence-electron chi connectivity index (χ4n) is 2.38. The van der Waals surface area contributed by atoms with Crippen molar-refractivity contribution >= 4 is 22.7 Å². The predicted octanol–water partition coefficient (Wildman–Crippen LogP) is 4.65. The third-order valence-corrected chi connectivity index (χ3v) is 4.40. The minimum Gasteiger partial charge on any atom is -0.411 e. The largest absolute Gasteiger partial charge is 0.411 e. The third-order valence-electron chi connectivity index (χ3n) is 3.54. The fourth-order valence-corrected chi connectivity index (χ4v) is 3.13. The van der Waals surface area contributed by atoms with E-state index < -0.39 is 0 Å². The van der Waals surface area contributed by atoms with E-state index in [9.17, 15) is 4.39 Å². The molecule has 4 rings (SSSR count). The highest BCUT2D eigenvalue weighted by atomic mass is 32.2. The predicted molar refractivity (Wildman–Crippen MR) is 87.6 cm³/mol. The Hall–Kier alpha value is -2.60. The molecule has 2 aromatic heterocycles. The number of benzene rings is 2. The molecule has 0 unspecified atom stereocenters. The van der Waals surface area contributed by atoms with Gasteiger partial charge in [0.25, 0.3) is 11.1 Å². The number of hydrogen-bond donors (Lipinski definition) is 1. The smallest absolute Gasteiger partial charge is 0.277 e. The number of aromatic nitrogens is 3. The lowest BCUT2D eigenvalue weighted by Crippen LogP contribution is -1.86. The molecule has 0 fully saturated rings. The van der Waals surface area contributed by atoms with Crippen LogP contribution in [0.5, 0.6) is 0 Å². The summed E-state index contributed by atoms with van der Waals surface area (Å²) >= 11 is 1.32. The molecule has 2 heterocycles. The molecule has 2 aromatic carbocycles. The van der Waals surface area contributed by atoms with Crippen LogP contribution in [-0.2, 0) is 5.75 Å². The van der Waals surface area contributed by atoms with E-state index in [4.69, 9.17) is 4.42 Å². The SMILES string of the molecule is Fc1ccccc1CSc1nnc(-c2c[nH]c3ccccc23)o1. The zero-order valence-corrected chi connectivity index (χ0v) is 12.8. The van der Waals surface area contributed by atoms with Gasteiger partial charge in [-0.15, -0.1) is 10.2 Å². The van der Waals surface area contributed by atoms with Gasteiger partial charge in [0.2, 0.25) is 0 Å². The van der Waals surface area contributed by atoms with Crippen molar-refractivity contribution in [2.75, 3.05) is 0 Å². The van der Waals surface area contributed by atoms with Crippen LogP contribution >= 0.6 is 11.8 Å². The van der Waals surface area contributed by atoms with Gasteiger partial charge >= 0.3 is 0 Å². The van der Waals surface area contributed by atoms with Gasteiger partial charge in [-0.1, -0.05) is 48.2 Å². The van der Waals surface area contributed by atoms with E-state index in [-0.39, 0.29) is 5.82 Å². The molecule has 4 aromatic rings. The second-order valence-corrected chi connectivity index (χ2v) is 5.93. The Morgan fingerprint density at radius 2 is 1.87 bits per heavy atom. The summed E-state index contributed by atoms with van der Waals surface area (Å²) in [6.07, 6.45) is 1.85. The summed E-state index contributed by atoms with van der Waals surface area (Å²) in [5.41, 5.74) is 2.50. The van der Waals surface area contributed by atoms with E-state index in [0.29, 0.717) is 22.4 Å². The standard InChI is InChI=1S/C17H12FN3OS/c18-14-7-3-1-5-11(14)10-23-17-21-20-16(22-17)13-9-19-15-8-4-2-6-12(13)15/h1-9,19H,10H2. The van der Waals surface area contributed by atoms with E-state index in [2.05, 4.69) is 15.2 Å². The molecule has 1 N–H and O–H groups in total. The van der Waals surface area contributed by atoms with E-state index in [1.807, 2.05) is 36.5 Å². The molecule has 0 saturated heterocycles. The van der Waals surface area contributed by atoms with Crippen LogP contribution in [0.25, 0.3) is 22.4 Å². The Morgan fingerprint density at radius 3 is 2.78 bits per heavy atom. The number of para-hydroxylation sites is 1. The molecule has 0 aliphatic carbocycles. The first-order valence-corrected chi connectivity index (χ1v) is 8.06. The summed E-state index contributed by atoms with van der Waals surface area (Å²) in [7, 11) is 0. The lowest BCUT2D eigenvalue weighted by molar-refractivity contribution is 0.466. The second-order valence-electron chi connectivity index (χ2n) is 5.00. The van der Waals surface area contributed by atoms with Crippen LogP contribution in [0.4, 0.5) is 4.39 Å². The van der Waals surface area contributed by atoms with Crippen molar-refractivity contribution in [1.29, 1.82) is 0 Å². The van der Waals surface area contributed by atoms with Gasteiger partial charge < -0.3 is 9.40 Å². The number of rotatable bonds is 4. The van der Waals surface area contributed by atoms with Crippen molar-refractivity contribution in [2.45, 2.75) is 11.0 Å². The highest BCUT2D eigenvalue weighted by Gasteiger charge is 2.13. The number of nitrogens with zero attached hydrogens (tertiary/aromatic N) is 2. The molecule has 0 spiro atoms. The number of H-pyrrole nitrogens is 1. The first kappa shape index (κ1) is 14.0. The van der Waals surface area contributed by atoms with Crippen molar-refractivity contribution < 1.29 is 8.81 Å². The first-order chi connectivity index (χ1) is 11.3. The Kier molecular flexibility index (Phi) is 3.59. The minimum atomic E-state index is -0.226. The highest BCUT2D eigenvalue weighted by molar-refractivity contribution is 7.98. The molecular formula is C17H12FN3OS. The summed E-state index contributed by atoms with van der Waals surface area (Å²) in [6.45, 7) is 0. The van der Waals surface area contributed by atoms with Crippen molar-refractivity contribution in [2.24, 2.45) is 0 Å². The number of hydrogen-bond acceptors (Lipinski definition) is 4. The first-order valence-electron chi connectivity index (χ1n) is 7.07. The zero-order valence-electron chi connectivity index (χ0n) is 12.0. The molecular weight excluding hydrogens is 313 g/mol. The number of halogens is 1. The van der Waals surface area contributed by atoms with E-state index in [0.717, 1.165) is 16.5 Å². The Bertz CT molecular complexity index is 963. The maximum Gasteiger partial charge on any atom is 0.277 e. The van der Waals surface area contributed by atoms with Crippen molar-refractivity contribution in [1.82, 2.24) is 15.2 Å². The monoisotopic (exact) mass is 325 g/mol. The molecule has 0 amide bonds. The van der Waals surface area contributed by atoms with Crippen molar-refractivity contribution in [3.05, 3.63) is 66.1 Å². The summed E-state index contributed by atoms with van der Waals surface area (Å²) in [6, 6.07) is 14.6. The van der Waals surface area contributed by atoms with Gasteiger partial charge in [0.15, 0.2) is 0 Å². The van der Waals surface area contributed by atoms with Crippen LogP contribution in [0.15, 0.2) is 64.4 Å². The summed E-state index contributed by atoms with van der Waals surface area (Å²) in [5.74, 6) is 0.678. The number of thioether (sulfide) groups is 1. The highest BCUT2D eigenvalue weighted by Crippen LogP contribution is 2.30. The fraction of sp³-hybridized carbons (Fsp3) is 0.0588. The van der Waals surface area contributed by atoms with Gasteiger partial charge in [0, 0.05) is 22.9 Å². The molecule has 0 radical (unpaired) electrons. The van der Waals surface area contributed by atoms with Gasteiger partial charge in [0.05, 0.1) is 5.56 Å². The molecule has 4 nitrogen and oxygen atoms in total. The summed E-state index contributed by atoms with van der Waals surface area (Å²) in [5, 5.41) is 9.58. The number of fused-ring (bicyclic) bond motifs is 1. The second kappa shape index (κ2) is 5.89. The van der Waals surface area contributed by atoms with Gasteiger partial charge in [-0.3, -0.25) is 0 Å². The van der Waals surface area contributed by atoms with Crippen LogP contribution < -0.4 is 0 Å². The van der Waals surface area contributed by atoms with Gasteiger partial charge in [-0.05, 0) is 17.7 Å². The third kappa shape index (κ3) is 2.73. The molecule has 6 heteroatoms. The van der Waals surface area contributed by atoms with E-state index in [1.54, 1.807) is 12.1 Å². The molecule has 114 valence electrons. The van der Waals surface area contributed by atoms with Crippen LogP contribution in [0.3, 0.4) is 0 Å². The normalized spacial score (nSPS) is 11.2. The maximum absolute atomic E-state index is 13.6. The number of nitrogens with one attached hydrogen (secondary N) is 1. The summed E-state index contributed by atoms with van der Waals surface area (Å²) < 4.78 is 19.3. The maximum atomic E-state index is 13.6. The quantitative estimate of drug-likeness (QED) is 0.555. The molecule has 0 bridgehead atoms. The van der Waals surface area contributed by atoms with E-state index in [1.165, 1.54) is 17.8 Å². The molecule has 0 aliphatic heterocycles. The van der Waals surface area contributed by atoms with E-state index >= 15 is 0 Å².